The summed E-state index contributed by atoms with van der Waals surface area (Å²) in [6.45, 7) is 2.43. The second-order valence-corrected chi connectivity index (χ2v) is 7.78. The number of thiazole rings is 1. The molecule has 1 fully saturated rings. The van der Waals surface area contributed by atoms with Gasteiger partial charge in [0.25, 0.3) is 0 Å². The van der Waals surface area contributed by atoms with Gasteiger partial charge in [-0.15, -0.1) is 11.3 Å². The molecule has 3 N–H and O–H groups in total. The van der Waals surface area contributed by atoms with E-state index >= 15 is 0 Å². The SMILES string of the molecule is CC(=O)Nc1ccc(-c2csc(NC(=O)CC3CSCCN3)n2)cc1. The summed E-state index contributed by atoms with van der Waals surface area (Å²) in [4.78, 5) is 27.7. The van der Waals surface area contributed by atoms with E-state index in [9.17, 15) is 9.59 Å². The van der Waals surface area contributed by atoms with Gasteiger partial charge >= 0.3 is 0 Å². The van der Waals surface area contributed by atoms with Crippen LogP contribution >= 0.6 is 23.1 Å². The third-order valence-corrected chi connectivity index (χ3v) is 5.57. The van der Waals surface area contributed by atoms with Gasteiger partial charge in [0.2, 0.25) is 11.8 Å². The molecule has 0 spiro atoms. The van der Waals surface area contributed by atoms with Crippen LogP contribution < -0.4 is 16.0 Å². The summed E-state index contributed by atoms with van der Waals surface area (Å²) < 4.78 is 0. The van der Waals surface area contributed by atoms with Crippen molar-refractivity contribution in [1.82, 2.24) is 10.3 Å². The Labute approximate surface area is 154 Å². The molecule has 1 unspecified atom stereocenters. The van der Waals surface area contributed by atoms with E-state index in [0.717, 1.165) is 35.0 Å². The smallest absolute Gasteiger partial charge is 0.227 e. The first-order chi connectivity index (χ1) is 12.1. The monoisotopic (exact) mass is 376 g/mol. The molecule has 1 saturated heterocycles. The van der Waals surface area contributed by atoms with Gasteiger partial charge in [-0.1, -0.05) is 12.1 Å². The normalized spacial score (nSPS) is 17.1. The molecule has 0 radical (unpaired) electrons. The predicted octanol–water partition coefficient (Wildman–Crippen LogP) is 2.80. The van der Waals surface area contributed by atoms with Crippen LogP contribution in [-0.2, 0) is 9.59 Å². The number of benzene rings is 1. The molecule has 1 aromatic heterocycles. The van der Waals surface area contributed by atoms with Crippen LogP contribution in [0.1, 0.15) is 13.3 Å². The lowest BCUT2D eigenvalue weighted by molar-refractivity contribution is -0.116. The number of nitrogens with one attached hydrogen (secondary N) is 3. The molecule has 1 atom stereocenters. The van der Waals surface area contributed by atoms with E-state index < -0.39 is 0 Å². The van der Waals surface area contributed by atoms with E-state index in [4.69, 9.17) is 0 Å². The summed E-state index contributed by atoms with van der Waals surface area (Å²) in [6.07, 6.45) is 0.466. The maximum Gasteiger partial charge on any atom is 0.227 e. The van der Waals surface area contributed by atoms with Crippen molar-refractivity contribution in [3.63, 3.8) is 0 Å². The maximum absolute atomic E-state index is 12.1. The highest BCUT2D eigenvalue weighted by Crippen LogP contribution is 2.26. The zero-order valence-electron chi connectivity index (χ0n) is 13.9. The van der Waals surface area contributed by atoms with E-state index in [0.29, 0.717) is 11.6 Å². The van der Waals surface area contributed by atoms with E-state index in [1.54, 1.807) is 0 Å². The van der Waals surface area contributed by atoms with Crippen molar-refractivity contribution < 1.29 is 9.59 Å². The molecule has 1 aliphatic rings. The first-order valence-corrected chi connectivity index (χ1v) is 10.1. The van der Waals surface area contributed by atoms with Gasteiger partial charge in [-0.05, 0) is 12.1 Å². The zero-order valence-corrected chi connectivity index (χ0v) is 15.5. The van der Waals surface area contributed by atoms with Gasteiger partial charge in [0, 0.05) is 54.1 Å². The molecule has 2 amide bonds. The third-order valence-electron chi connectivity index (χ3n) is 3.68. The number of carbonyl (C=O) groups excluding carboxylic acids is 2. The maximum atomic E-state index is 12.1. The number of carbonyl (C=O) groups is 2. The summed E-state index contributed by atoms with van der Waals surface area (Å²) in [6, 6.07) is 7.70. The summed E-state index contributed by atoms with van der Waals surface area (Å²) in [5.41, 5.74) is 2.50. The van der Waals surface area contributed by atoms with Gasteiger partial charge in [-0.2, -0.15) is 11.8 Å². The Balaban J connectivity index is 1.58. The number of anilines is 2. The van der Waals surface area contributed by atoms with Crippen LogP contribution in [0, 0.1) is 0 Å². The Bertz CT molecular complexity index is 739. The second kappa shape index (κ2) is 8.46. The lowest BCUT2D eigenvalue weighted by Crippen LogP contribution is -2.39. The number of rotatable bonds is 5. The zero-order chi connectivity index (χ0) is 17.6. The molecule has 25 heavy (non-hydrogen) atoms. The van der Waals surface area contributed by atoms with E-state index in [2.05, 4.69) is 20.9 Å². The molecule has 0 bridgehead atoms. The molecular formula is C17H20N4O2S2. The average Bonchev–Trinajstić information content (AvgIpc) is 3.04. The van der Waals surface area contributed by atoms with Crippen LogP contribution in [0.3, 0.4) is 0 Å². The second-order valence-electron chi connectivity index (χ2n) is 5.77. The van der Waals surface area contributed by atoms with Crippen LogP contribution in [0.4, 0.5) is 10.8 Å². The van der Waals surface area contributed by atoms with Crippen LogP contribution in [-0.4, -0.2) is 40.9 Å². The van der Waals surface area contributed by atoms with Gasteiger partial charge in [-0.3, -0.25) is 9.59 Å². The number of hydrogen-bond donors (Lipinski definition) is 3. The first kappa shape index (κ1) is 17.9. The molecule has 2 heterocycles. The Hall–Kier alpha value is -1.90. The number of nitrogens with zero attached hydrogens (tertiary/aromatic N) is 1. The fraction of sp³-hybridized carbons (Fsp3) is 0.353. The van der Waals surface area contributed by atoms with Crippen molar-refractivity contribution in [3.05, 3.63) is 29.6 Å². The molecule has 0 aliphatic carbocycles. The Kier molecular flexibility index (Phi) is 6.06. The summed E-state index contributed by atoms with van der Waals surface area (Å²) in [5.74, 6) is 1.96. The van der Waals surface area contributed by atoms with Gasteiger partial charge in [0.1, 0.15) is 0 Å². The highest BCUT2D eigenvalue weighted by Gasteiger charge is 2.17. The van der Waals surface area contributed by atoms with Crippen LogP contribution in [0.15, 0.2) is 29.6 Å². The van der Waals surface area contributed by atoms with Gasteiger partial charge in [0.15, 0.2) is 5.13 Å². The molecule has 3 rings (SSSR count). The van der Waals surface area contributed by atoms with Crippen LogP contribution in [0.2, 0.25) is 0 Å². The molecule has 6 nitrogen and oxygen atoms in total. The van der Waals surface area contributed by atoms with Crippen molar-refractivity contribution in [2.24, 2.45) is 0 Å². The number of thioether (sulfide) groups is 1. The van der Waals surface area contributed by atoms with E-state index in [-0.39, 0.29) is 17.9 Å². The lowest BCUT2D eigenvalue weighted by atomic mass is 10.1. The summed E-state index contributed by atoms with van der Waals surface area (Å²) in [7, 11) is 0. The molecule has 1 aromatic carbocycles. The Morgan fingerprint density at radius 3 is 2.76 bits per heavy atom. The van der Waals surface area contributed by atoms with E-state index in [1.165, 1.54) is 18.3 Å². The van der Waals surface area contributed by atoms with Crippen molar-refractivity contribution in [3.8, 4) is 11.3 Å². The predicted molar refractivity (Wildman–Crippen MR) is 104 cm³/mol. The summed E-state index contributed by atoms with van der Waals surface area (Å²) >= 11 is 3.29. The molecule has 2 aromatic rings. The molecule has 8 heteroatoms. The molecule has 0 saturated carbocycles. The standard InChI is InChI=1S/C17H20N4O2S2/c1-11(22)19-13-4-2-12(3-5-13)15-10-25-17(20-15)21-16(23)8-14-9-24-7-6-18-14/h2-5,10,14,18H,6-9H2,1H3,(H,19,22)(H,20,21,23). The Morgan fingerprint density at radius 2 is 2.08 bits per heavy atom. The third kappa shape index (κ3) is 5.29. The van der Waals surface area contributed by atoms with E-state index in [1.807, 2.05) is 41.4 Å². The molecule has 132 valence electrons. The fourth-order valence-corrected chi connectivity index (χ4v) is 4.22. The van der Waals surface area contributed by atoms with Crippen LogP contribution in [0.5, 0.6) is 0 Å². The lowest BCUT2D eigenvalue weighted by Gasteiger charge is -2.22. The van der Waals surface area contributed by atoms with Gasteiger partial charge in [-0.25, -0.2) is 4.98 Å². The highest BCUT2D eigenvalue weighted by atomic mass is 32.2. The fourth-order valence-electron chi connectivity index (χ4n) is 2.54. The number of amides is 2. The van der Waals surface area contributed by atoms with Crippen LogP contribution in [0.25, 0.3) is 11.3 Å². The minimum atomic E-state index is -0.0998. The van der Waals surface area contributed by atoms with Gasteiger partial charge in [0.05, 0.1) is 5.69 Å². The molecule has 1 aliphatic heterocycles. The topological polar surface area (TPSA) is 83.1 Å². The quantitative estimate of drug-likeness (QED) is 0.747. The van der Waals surface area contributed by atoms with Crippen molar-refractivity contribution in [2.75, 3.05) is 28.7 Å². The largest absolute Gasteiger partial charge is 0.326 e. The highest BCUT2D eigenvalue weighted by molar-refractivity contribution is 7.99. The average molecular weight is 377 g/mol. The molecular weight excluding hydrogens is 356 g/mol. The van der Waals surface area contributed by atoms with Crippen molar-refractivity contribution >= 4 is 45.7 Å². The van der Waals surface area contributed by atoms with Gasteiger partial charge < -0.3 is 16.0 Å². The number of hydrogen-bond acceptors (Lipinski definition) is 6. The minimum absolute atomic E-state index is 0.0121. The first-order valence-electron chi connectivity index (χ1n) is 8.04. The Morgan fingerprint density at radius 1 is 1.28 bits per heavy atom. The van der Waals surface area contributed by atoms with Crippen molar-refractivity contribution in [1.29, 1.82) is 0 Å². The number of aromatic nitrogens is 1. The van der Waals surface area contributed by atoms with Crippen molar-refractivity contribution in [2.45, 2.75) is 19.4 Å². The summed E-state index contributed by atoms with van der Waals surface area (Å²) in [5, 5.41) is 11.5. The minimum Gasteiger partial charge on any atom is -0.326 e.